The van der Waals surface area contributed by atoms with Gasteiger partial charge in [-0.25, -0.2) is 0 Å². The van der Waals surface area contributed by atoms with E-state index in [0.29, 0.717) is 0 Å². The maximum atomic E-state index is 6.68. The minimum absolute atomic E-state index is 0.0223. The average Bonchev–Trinajstić information content (AvgIpc) is 2.55. The third-order valence-electron chi connectivity index (χ3n) is 4.57. The van der Waals surface area contributed by atoms with Gasteiger partial charge in [-0.1, -0.05) is 93.6 Å². The zero-order chi connectivity index (χ0) is 16.4. The van der Waals surface area contributed by atoms with E-state index < -0.39 is 0 Å². The monoisotopic (exact) mass is 303 g/mol. The summed E-state index contributed by atoms with van der Waals surface area (Å²) >= 11 is 0. The van der Waals surface area contributed by atoms with E-state index in [1.807, 2.05) is 6.07 Å². The highest BCUT2D eigenvalue weighted by Crippen LogP contribution is 2.40. The summed E-state index contributed by atoms with van der Waals surface area (Å²) in [7, 11) is 0. The fourth-order valence-electron chi connectivity index (χ4n) is 3.15. The first-order chi connectivity index (χ1) is 11.0. The molecule has 0 radical (unpaired) electrons. The van der Waals surface area contributed by atoms with E-state index in [-0.39, 0.29) is 17.4 Å². The van der Waals surface area contributed by atoms with E-state index in [1.165, 1.54) is 22.3 Å². The van der Waals surface area contributed by atoms with Gasteiger partial charge in [0.05, 0.1) is 0 Å². The quantitative estimate of drug-likeness (QED) is 0.814. The topological polar surface area (TPSA) is 26.0 Å². The SMILES string of the molecule is CC(C)(C)C1=CC(c2ccccc2)C(N)C(c2ccccc2)=C1. The molecule has 1 aliphatic carbocycles. The van der Waals surface area contributed by atoms with Crippen LogP contribution in [0.15, 0.2) is 78.4 Å². The Balaban J connectivity index is 2.10. The van der Waals surface area contributed by atoms with Crippen molar-refractivity contribution in [1.29, 1.82) is 0 Å². The number of rotatable bonds is 2. The molecule has 23 heavy (non-hydrogen) atoms. The fraction of sp³-hybridized carbons (Fsp3) is 0.273. The molecule has 0 aliphatic heterocycles. The minimum atomic E-state index is -0.0223. The zero-order valence-electron chi connectivity index (χ0n) is 14.2. The first-order valence-corrected chi connectivity index (χ1v) is 8.26. The smallest absolute Gasteiger partial charge is 0.0406 e. The van der Waals surface area contributed by atoms with Gasteiger partial charge in [-0.3, -0.25) is 0 Å². The number of allylic oxidation sites excluding steroid dienone is 2. The Kier molecular flexibility index (Phi) is 4.23. The van der Waals surface area contributed by atoms with Gasteiger partial charge in [0, 0.05) is 12.0 Å². The second kappa shape index (κ2) is 6.17. The molecule has 0 bridgehead atoms. The molecule has 0 fully saturated rings. The van der Waals surface area contributed by atoms with Crippen LogP contribution in [0, 0.1) is 5.41 Å². The fourth-order valence-corrected chi connectivity index (χ4v) is 3.15. The van der Waals surface area contributed by atoms with Crippen LogP contribution in [0.2, 0.25) is 0 Å². The number of hydrogen-bond acceptors (Lipinski definition) is 1. The molecule has 0 saturated carbocycles. The standard InChI is InChI=1S/C22H25N/c1-22(2,3)18-14-19(16-10-6-4-7-11-16)21(23)20(15-18)17-12-8-5-9-13-17/h4-15,19,21H,23H2,1-3H3. The summed E-state index contributed by atoms with van der Waals surface area (Å²) in [6.07, 6.45) is 4.64. The Hall–Kier alpha value is -2.12. The molecular formula is C22H25N. The normalized spacial score (nSPS) is 21.6. The molecule has 0 saturated heterocycles. The van der Waals surface area contributed by atoms with Crippen LogP contribution >= 0.6 is 0 Å². The van der Waals surface area contributed by atoms with Crippen molar-refractivity contribution in [3.05, 3.63) is 89.5 Å². The first kappa shape index (κ1) is 15.8. The van der Waals surface area contributed by atoms with E-state index in [9.17, 15) is 0 Å². The molecule has 2 atom stereocenters. The summed E-state index contributed by atoms with van der Waals surface area (Å²) in [5, 5.41) is 0. The van der Waals surface area contributed by atoms with Crippen LogP contribution in [0.4, 0.5) is 0 Å². The maximum Gasteiger partial charge on any atom is 0.0406 e. The maximum absolute atomic E-state index is 6.68. The van der Waals surface area contributed by atoms with Gasteiger partial charge in [0.15, 0.2) is 0 Å². The van der Waals surface area contributed by atoms with Crippen molar-refractivity contribution in [3.63, 3.8) is 0 Å². The van der Waals surface area contributed by atoms with Crippen molar-refractivity contribution in [2.45, 2.75) is 32.7 Å². The van der Waals surface area contributed by atoms with Gasteiger partial charge in [-0.2, -0.15) is 0 Å². The molecule has 0 heterocycles. The Morgan fingerprint density at radius 3 is 1.96 bits per heavy atom. The van der Waals surface area contributed by atoms with Crippen LogP contribution < -0.4 is 5.73 Å². The molecule has 3 rings (SSSR count). The number of nitrogens with two attached hydrogens (primary N) is 1. The minimum Gasteiger partial charge on any atom is -0.323 e. The Morgan fingerprint density at radius 1 is 0.826 bits per heavy atom. The zero-order valence-corrected chi connectivity index (χ0v) is 14.2. The molecule has 2 unspecified atom stereocenters. The van der Waals surface area contributed by atoms with Crippen LogP contribution in [0.5, 0.6) is 0 Å². The molecule has 2 aromatic carbocycles. The molecule has 118 valence electrons. The van der Waals surface area contributed by atoms with Crippen molar-refractivity contribution in [2.75, 3.05) is 0 Å². The Bertz CT molecular complexity index is 718. The molecule has 0 spiro atoms. The van der Waals surface area contributed by atoms with Gasteiger partial charge in [-0.05, 0) is 27.7 Å². The highest BCUT2D eigenvalue weighted by atomic mass is 14.7. The van der Waals surface area contributed by atoms with Gasteiger partial charge in [-0.15, -0.1) is 0 Å². The van der Waals surface area contributed by atoms with Crippen molar-refractivity contribution in [3.8, 4) is 0 Å². The molecule has 1 aliphatic rings. The second-order valence-corrected chi connectivity index (χ2v) is 7.30. The third-order valence-corrected chi connectivity index (χ3v) is 4.57. The Morgan fingerprint density at radius 2 is 1.39 bits per heavy atom. The van der Waals surface area contributed by atoms with Gasteiger partial charge in [0.2, 0.25) is 0 Å². The number of hydrogen-bond donors (Lipinski definition) is 1. The van der Waals surface area contributed by atoms with Gasteiger partial charge < -0.3 is 5.73 Å². The molecule has 2 N–H and O–H groups in total. The van der Waals surface area contributed by atoms with E-state index in [2.05, 4.69) is 87.5 Å². The highest BCUT2D eigenvalue weighted by molar-refractivity contribution is 5.75. The van der Waals surface area contributed by atoms with Crippen molar-refractivity contribution >= 4 is 5.57 Å². The lowest BCUT2D eigenvalue weighted by Gasteiger charge is -2.33. The van der Waals surface area contributed by atoms with Crippen molar-refractivity contribution < 1.29 is 0 Å². The van der Waals surface area contributed by atoms with Gasteiger partial charge in [0.1, 0.15) is 0 Å². The van der Waals surface area contributed by atoms with Crippen molar-refractivity contribution in [1.82, 2.24) is 0 Å². The lowest BCUT2D eigenvalue weighted by molar-refractivity contribution is 0.507. The van der Waals surface area contributed by atoms with Gasteiger partial charge in [0.25, 0.3) is 0 Å². The van der Waals surface area contributed by atoms with E-state index in [0.717, 1.165) is 0 Å². The molecule has 2 aromatic rings. The predicted octanol–water partition coefficient (Wildman–Crippen LogP) is 5.17. The van der Waals surface area contributed by atoms with Crippen LogP contribution in [-0.2, 0) is 0 Å². The summed E-state index contributed by atoms with van der Waals surface area (Å²) in [5.41, 5.74) is 11.9. The summed E-state index contributed by atoms with van der Waals surface area (Å²) in [6.45, 7) is 6.78. The summed E-state index contributed by atoms with van der Waals surface area (Å²) in [6, 6.07) is 21.1. The summed E-state index contributed by atoms with van der Waals surface area (Å²) in [5.74, 6) is 0.214. The number of benzene rings is 2. The first-order valence-electron chi connectivity index (χ1n) is 8.26. The Labute approximate surface area is 139 Å². The largest absolute Gasteiger partial charge is 0.323 e. The molecule has 0 amide bonds. The lowest BCUT2D eigenvalue weighted by atomic mass is 9.73. The molecule has 1 nitrogen and oxygen atoms in total. The van der Waals surface area contributed by atoms with Crippen LogP contribution in [0.25, 0.3) is 5.57 Å². The van der Waals surface area contributed by atoms with E-state index >= 15 is 0 Å². The van der Waals surface area contributed by atoms with Crippen LogP contribution in [0.3, 0.4) is 0 Å². The van der Waals surface area contributed by atoms with Crippen molar-refractivity contribution in [2.24, 2.45) is 11.1 Å². The average molecular weight is 303 g/mol. The van der Waals surface area contributed by atoms with E-state index in [1.54, 1.807) is 0 Å². The van der Waals surface area contributed by atoms with Crippen LogP contribution in [0.1, 0.15) is 37.8 Å². The van der Waals surface area contributed by atoms with Gasteiger partial charge >= 0.3 is 0 Å². The third kappa shape index (κ3) is 3.30. The molecule has 0 aromatic heterocycles. The second-order valence-electron chi connectivity index (χ2n) is 7.30. The summed E-state index contributed by atoms with van der Waals surface area (Å²) in [4.78, 5) is 0. The predicted molar refractivity (Wildman–Crippen MR) is 99.1 cm³/mol. The highest BCUT2D eigenvalue weighted by Gasteiger charge is 2.29. The molecule has 1 heteroatoms. The van der Waals surface area contributed by atoms with E-state index in [4.69, 9.17) is 5.73 Å². The molecular weight excluding hydrogens is 278 g/mol. The summed E-state index contributed by atoms with van der Waals surface area (Å²) < 4.78 is 0. The van der Waals surface area contributed by atoms with Crippen LogP contribution in [-0.4, -0.2) is 6.04 Å². The lowest BCUT2D eigenvalue weighted by Crippen LogP contribution is -2.32.